The van der Waals surface area contributed by atoms with Crippen LogP contribution in [0.2, 0.25) is 0 Å². The van der Waals surface area contributed by atoms with E-state index in [0.717, 1.165) is 69.2 Å². The summed E-state index contributed by atoms with van der Waals surface area (Å²) >= 11 is 0. The van der Waals surface area contributed by atoms with Crippen molar-refractivity contribution in [2.24, 2.45) is 0 Å². The van der Waals surface area contributed by atoms with Crippen molar-refractivity contribution < 1.29 is 15.0 Å². The third-order valence-corrected chi connectivity index (χ3v) is 6.54. The first-order valence-corrected chi connectivity index (χ1v) is 12.0. The van der Waals surface area contributed by atoms with Gasteiger partial charge in [0, 0.05) is 37.8 Å². The SMILES string of the molecule is CCCN(C(=O)CCCCCn1ccc(=O)c(O)c1CC)[C@H]1CCc2c(O)cccc2C1. The Labute approximate surface area is 190 Å². The highest BCUT2D eigenvalue weighted by Crippen LogP contribution is 2.31. The van der Waals surface area contributed by atoms with Crippen molar-refractivity contribution in [1.29, 1.82) is 0 Å². The molecule has 174 valence electrons. The summed E-state index contributed by atoms with van der Waals surface area (Å²) in [7, 11) is 0. The van der Waals surface area contributed by atoms with E-state index in [2.05, 4.69) is 17.9 Å². The van der Waals surface area contributed by atoms with E-state index in [1.165, 1.54) is 6.07 Å². The molecule has 0 fully saturated rings. The molecule has 1 aliphatic rings. The third-order valence-electron chi connectivity index (χ3n) is 6.54. The van der Waals surface area contributed by atoms with E-state index in [4.69, 9.17) is 0 Å². The quantitative estimate of drug-likeness (QED) is 0.543. The van der Waals surface area contributed by atoms with Gasteiger partial charge < -0.3 is 19.7 Å². The number of phenolic OH excluding ortho intramolecular Hbond substituents is 1. The van der Waals surface area contributed by atoms with Crippen LogP contribution in [0.4, 0.5) is 0 Å². The van der Waals surface area contributed by atoms with E-state index < -0.39 is 0 Å². The molecule has 0 aliphatic heterocycles. The van der Waals surface area contributed by atoms with Crippen molar-refractivity contribution in [3.05, 3.63) is 57.5 Å². The van der Waals surface area contributed by atoms with Gasteiger partial charge in [0.05, 0.1) is 5.69 Å². The Balaban J connectivity index is 1.51. The number of fused-ring (bicyclic) bond motifs is 1. The fourth-order valence-electron chi connectivity index (χ4n) is 4.85. The van der Waals surface area contributed by atoms with Crippen LogP contribution in [-0.4, -0.2) is 38.2 Å². The Morgan fingerprint density at radius 1 is 1.16 bits per heavy atom. The monoisotopic (exact) mass is 440 g/mol. The largest absolute Gasteiger partial charge is 0.508 e. The Morgan fingerprint density at radius 3 is 2.72 bits per heavy atom. The molecule has 0 saturated carbocycles. The number of pyridine rings is 1. The molecule has 1 heterocycles. The topological polar surface area (TPSA) is 82.8 Å². The number of phenols is 1. The Hall–Kier alpha value is -2.76. The summed E-state index contributed by atoms with van der Waals surface area (Å²) < 4.78 is 1.94. The highest BCUT2D eigenvalue weighted by Gasteiger charge is 2.28. The number of aryl methyl sites for hydroxylation is 1. The van der Waals surface area contributed by atoms with Gasteiger partial charge in [0.15, 0.2) is 5.75 Å². The lowest BCUT2D eigenvalue weighted by molar-refractivity contribution is -0.134. The molecule has 1 atom stereocenters. The highest BCUT2D eigenvalue weighted by atomic mass is 16.3. The molecule has 0 bridgehead atoms. The van der Waals surface area contributed by atoms with Gasteiger partial charge >= 0.3 is 0 Å². The predicted octanol–water partition coefficient (Wildman–Crippen LogP) is 4.18. The molecule has 1 aliphatic carbocycles. The molecular formula is C26H36N2O4. The minimum Gasteiger partial charge on any atom is -0.508 e. The molecule has 6 nitrogen and oxygen atoms in total. The molecule has 6 heteroatoms. The number of amides is 1. The molecular weight excluding hydrogens is 404 g/mol. The second-order valence-electron chi connectivity index (χ2n) is 8.73. The molecule has 1 aromatic carbocycles. The van der Waals surface area contributed by atoms with Crippen LogP contribution in [0.5, 0.6) is 11.5 Å². The Morgan fingerprint density at radius 2 is 1.97 bits per heavy atom. The van der Waals surface area contributed by atoms with Crippen LogP contribution in [0.1, 0.15) is 69.2 Å². The minimum absolute atomic E-state index is 0.150. The molecule has 3 rings (SSSR count). The summed E-state index contributed by atoms with van der Waals surface area (Å²) in [5.41, 5.74) is 2.53. The van der Waals surface area contributed by atoms with E-state index >= 15 is 0 Å². The number of hydrogen-bond acceptors (Lipinski definition) is 4. The van der Waals surface area contributed by atoms with Gasteiger partial charge in [0.2, 0.25) is 11.3 Å². The molecule has 0 saturated heterocycles. The first-order chi connectivity index (χ1) is 15.5. The number of aromatic hydroxyl groups is 2. The molecule has 2 N–H and O–H groups in total. The third kappa shape index (κ3) is 5.53. The molecule has 0 spiro atoms. The molecule has 1 aromatic heterocycles. The first-order valence-electron chi connectivity index (χ1n) is 12.0. The van der Waals surface area contributed by atoms with Crippen molar-refractivity contribution in [3.8, 4) is 11.5 Å². The van der Waals surface area contributed by atoms with Crippen molar-refractivity contribution in [3.63, 3.8) is 0 Å². The maximum absolute atomic E-state index is 13.0. The molecule has 32 heavy (non-hydrogen) atoms. The lowest BCUT2D eigenvalue weighted by Gasteiger charge is -2.35. The zero-order valence-corrected chi connectivity index (χ0v) is 19.3. The number of rotatable bonds is 10. The number of hydrogen-bond donors (Lipinski definition) is 2. The number of unbranched alkanes of at least 4 members (excludes halogenated alkanes) is 2. The number of benzene rings is 1. The number of nitrogens with zero attached hydrogens (tertiary/aromatic N) is 2. The average molecular weight is 441 g/mol. The maximum Gasteiger partial charge on any atom is 0.223 e. The summed E-state index contributed by atoms with van der Waals surface area (Å²) in [6.07, 6.45) is 8.99. The van der Waals surface area contributed by atoms with Crippen molar-refractivity contribution in [2.45, 2.75) is 84.2 Å². The summed E-state index contributed by atoms with van der Waals surface area (Å²) in [5, 5.41) is 20.1. The van der Waals surface area contributed by atoms with Gasteiger partial charge in [-0.3, -0.25) is 9.59 Å². The summed E-state index contributed by atoms with van der Waals surface area (Å²) in [4.78, 5) is 26.7. The molecule has 0 radical (unpaired) electrons. The molecule has 1 amide bonds. The maximum atomic E-state index is 13.0. The zero-order valence-electron chi connectivity index (χ0n) is 19.3. The Bertz CT molecular complexity index is 982. The van der Waals surface area contributed by atoms with Gasteiger partial charge in [-0.1, -0.05) is 32.4 Å². The van der Waals surface area contributed by atoms with E-state index in [9.17, 15) is 19.8 Å². The zero-order chi connectivity index (χ0) is 23.1. The van der Waals surface area contributed by atoms with Gasteiger partial charge in [0.25, 0.3) is 0 Å². The van der Waals surface area contributed by atoms with Crippen LogP contribution in [0, 0.1) is 0 Å². The standard InChI is InChI=1S/C26H36N2O4/c1-3-15-28(20-12-13-21-19(18-20)9-8-10-23(21)29)25(31)11-6-5-7-16-27-17-14-24(30)26(32)22(27)4-2/h8-10,14,17,20,29,32H,3-7,11-13,15-16,18H2,1-2H3/t20-/m0/s1. The second kappa shape index (κ2) is 11.2. The summed E-state index contributed by atoms with van der Waals surface area (Å²) in [6.45, 7) is 5.53. The van der Waals surface area contributed by atoms with E-state index in [1.807, 2.05) is 17.6 Å². The van der Waals surface area contributed by atoms with E-state index in [-0.39, 0.29) is 23.1 Å². The number of carbonyl (C=O) groups is 1. The normalized spacial score (nSPS) is 15.4. The smallest absolute Gasteiger partial charge is 0.223 e. The van der Waals surface area contributed by atoms with Gasteiger partial charge in [-0.25, -0.2) is 0 Å². The molecule has 0 unspecified atom stereocenters. The van der Waals surface area contributed by atoms with Crippen LogP contribution in [0.15, 0.2) is 35.3 Å². The van der Waals surface area contributed by atoms with Crippen molar-refractivity contribution >= 4 is 5.91 Å². The van der Waals surface area contributed by atoms with Gasteiger partial charge in [-0.05, 0) is 62.1 Å². The average Bonchev–Trinajstić information content (AvgIpc) is 2.79. The van der Waals surface area contributed by atoms with Crippen molar-refractivity contribution in [1.82, 2.24) is 9.47 Å². The van der Waals surface area contributed by atoms with Crippen LogP contribution >= 0.6 is 0 Å². The van der Waals surface area contributed by atoms with E-state index in [1.54, 1.807) is 12.3 Å². The van der Waals surface area contributed by atoms with Crippen LogP contribution in [-0.2, 0) is 30.6 Å². The van der Waals surface area contributed by atoms with Gasteiger partial charge in [-0.15, -0.1) is 0 Å². The lowest BCUT2D eigenvalue weighted by Crippen LogP contribution is -2.43. The lowest BCUT2D eigenvalue weighted by atomic mass is 9.86. The second-order valence-corrected chi connectivity index (χ2v) is 8.73. The summed E-state index contributed by atoms with van der Waals surface area (Å²) in [5.74, 6) is 0.440. The van der Waals surface area contributed by atoms with Crippen LogP contribution in [0.3, 0.4) is 0 Å². The van der Waals surface area contributed by atoms with Crippen molar-refractivity contribution in [2.75, 3.05) is 6.54 Å². The molecule has 2 aromatic rings. The Kier molecular flexibility index (Phi) is 8.37. The number of carbonyl (C=O) groups excluding carboxylic acids is 1. The van der Waals surface area contributed by atoms with Crippen LogP contribution in [0.25, 0.3) is 0 Å². The summed E-state index contributed by atoms with van der Waals surface area (Å²) in [6, 6.07) is 7.30. The van der Waals surface area contributed by atoms with Gasteiger partial charge in [-0.2, -0.15) is 0 Å². The predicted molar refractivity (Wildman–Crippen MR) is 126 cm³/mol. The van der Waals surface area contributed by atoms with Gasteiger partial charge in [0.1, 0.15) is 5.75 Å². The highest BCUT2D eigenvalue weighted by molar-refractivity contribution is 5.76. The number of aromatic nitrogens is 1. The van der Waals surface area contributed by atoms with Crippen LogP contribution < -0.4 is 5.43 Å². The minimum atomic E-state index is -0.333. The fraction of sp³-hybridized carbons (Fsp3) is 0.538. The fourth-order valence-corrected chi connectivity index (χ4v) is 4.85. The first kappa shape index (κ1) is 23.9. The van der Waals surface area contributed by atoms with E-state index in [0.29, 0.717) is 24.3 Å².